The Labute approximate surface area is 171 Å². The molecule has 1 atom stereocenters. The van der Waals surface area contributed by atoms with Gasteiger partial charge in [-0.05, 0) is 28.8 Å². The number of rotatable bonds is 6. The van der Waals surface area contributed by atoms with Gasteiger partial charge < -0.3 is 9.26 Å². The number of aromatic nitrogens is 2. The molecule has 1 aromatic heterocycles. The SMILES string of the molecule is O=c1[nH]c(=O)n(CC2(OCc3cccc(Cl)c3)C=CC=C(c3ccccc3)C2)o1. The topological polar surface area (TPSA) is 77.2 Å². The lowest BCUT2D eigenvalue weighted by Crippen LogP contribution is -2.39. The molecule has 3 aromatic rings. The Morgan fingerprint density at radius 2 is 1.97 bits per heavy atom. The lowest BCUT2D eigenvalue weighted by Gasteiger charge is -2.33. The van der Waals surface area contributed by atoms with Crippen molar-refractivity contribution in [1.29, 1.82) is 0 Å². The second-order valence-corrected chi connectivity index (χ2v) is 7.36. The van der Waals surface area contributed by atoms with Gasteiger partial charge in [0.25, 0.3) is 0 Å². The summed E-state index contributed by atoms with van der Waals surface area (Å²) in [5, 5.41) is 0.622. The number of allylic oxidation sites excluding steroid dienone is 2. The van der Waals surface area contributed by atoms with Crippen molar-refractivity contribution in [3.63, 3.8) is 0 Å². The van der Waals surface area contributed by atoms with Crippen LogP contribution in [-0.2, 0) is 17.9 Å². The van der Waals surface area contributed by atoms with Gasteiger partial charge >= 0.3 is 11.4 Å². The molecule has 0 radical (unpaired) electrons. The van der Waals surface area contributed by atoms with Gasteiger partial charge in [-0.15, -0.1) is 4.74 Å². The highest BCUT2D eigenvalue weighted by atomic mass is 35.5. The van der Waals surface area contributed by atoms with Gasteiger partial charge in [-0.3, -0.25) is 0 Å². The Balaban J connectivity index is 1.64. The van der Waals surface area contributed by atoms with E-state index < -0.39 is 17.0 Å². The van der Waals surface area contributed by atoms with E-state index in [0.29, 0.717) is 11.4 Å². The van der Waals surface area contributed by atoms with E-state index in [2.05, 4.69) is 4.98 Å². The van der Waals surface area contributed by atoms with Crippen LogP contribution >= 0.6 is 11.6 Å². The average Bonchev–Trinajstić information content (AvgIpc) is 3.04. The van der Waals surface area contributed by atoms with Crippen LogP contribution in [0.4, 0.5) is 0 Å². The maximum Gasteiger partial charge on any atom is 0.440 e. The van der Waals surface area contributed by atoms with Crippen molar-refractivity contribution in [2.45, 2.75) is 25.2 Å². The normalized spacial score (nSPS) is 18.6. The molecule has 29 heavy (non-hydrogen) atoms. The van der Waals surface area contributed by atoms with Crippen LogP contribution in [0.25, 0.3) is 5.57 Å². The van der Waals surface area contributed by atoms with Crippen LogP contribution in [0.5, 0.6) is 0 Å². The molecule has 1 aliphatic rings. The molecule has 148 valence electrons. The average molecular weight is 411 g/mol. The van der Waals surface area contributed by atoms with Gasteiger partial charge in [-0.1, -0.05) is 72.3 Å². The number of benzene rings is 2. The van der Waals surface area contributed by atoms with Gasteiger partial charge in [-0.25, -0.2) is 14.6 Å². The summed E-state index contributed by atoms with van der Waals surface area (Å²) in [5.41, 5.74) is 1.55. The van der Waals surface area contributed by atoms with Crippen molar-refractivity contribution >= 4 is 17.2 Å². The van der Waals surface area contributed by atoms with E-state index in [1.807, 2.05) is 66.8 Å². The Kier molecular flexibility index (Phi) is 5.38. The number of nitrogens with one attached hydrogen (secondary N) is 1. The highest BCUT2D eigenvalue weighted by Gasteiger charge is 2.34. The molecule has 0 saturated heterocycles. The van der Waals surface area contributed by atoms with Crippen molar-refractivity contribution in [1.82, 2.24) is 9.72 Å². The molecule has 1 N–H and O–H groups in total. The first-order chi connectivity index (χ1) is 14.0. The van der Waals surface area contributed by atoms with Gasteiger partial charge in [0.05, 0.1) is 13.2 Å². The molecule has 0 spiro atoms. The van der Waals surface area contributed by atoms with Gasteiger partial charge in [0.2, 0.25) is 0 Å². The molecule has 0 bridgehead atoms. The van der Waals surface area contributed by atoms with E-state index in [0.717, 1.165) is 21.4 Å². The molecular formula is C22H19ClN2O4. The Bertz CT molecular complexity index is 1170. The van der Waals surface area contributed by atoms with Crippen molar-refractivity contribution in [3.05, 3.63) is 110 Å². The summed E-state index contributed by atoms with van der Waals surface area (Å²) in [5.74, 6) is -0.793. The molecular weight excluding hydrogens is 392 g/mol. The van der Waals surface area contributed by atoms with Crippen molar-refractivity contribution in [3.8, 4) is 0 Å². The van der Waals surface area contributed by atoms with Gasteiger partial charge in [0.1, 0.15) is 5.60 Å². The molecule has 6 nitrogen and oxygen atoms in total. The molecule has 0 fully saturated rings. The molecule has 1 heterocycles. The van der Waals surface area contributed by atoms with Crippen LogP contribution in [-0.4, -0.2) is 15.3 Å². The third-order valence-electron chi connectivity index (χ3n) is 4.79. The molecule has 0 amide bonds. The van der Waals surface area contributed by atoms with Crippen LogP contribution in [0.1, 0.15) is 17.5 Å². The Morgan fingerprint density at radius 1 is 1.14 bits per heavy atom. The van der Waals surface area contributed by atoms with E-state index in [1.54, 1.807) is 6.07 Å². The zero-order valence-electron chi connectivity index (χ0n) is 15.5. The van der Waals surface area contributed by atoms with Crippen LogP contribution < -0.4 is 11.4 Å². The summed E-state index contributed by atoms with van der Waals surface area (Å²) < 4.78 is 12.3. The maximum atomic E-state index is 12.0. The smallest absolute Gasteiger partial charge is 0.364 e. The number of aromatic amines is 1. The fraction of sp³-hybridized carbons (Fsp3) is 0.182. The van der Waals surface area contributed by atoms with E-state index in [1.165, 1.54) is 0 Å². The summed E-state index contributed by atoms with van der Waals surface area (Å²) in [7, 11) is 0. The fourth-order valence-corrected chi connectivity index (χ4v) is 3.61. The molecule has 2 aromatic carbocycles. The minimum absolute atomic E-state index is 0.0613. The summed E-state index contributed by atoms with van der Waals surface area (Å²) in [4.78, 5) is 25.6. The lowest BCUT2D eigenvalue weighted by molar-refractivity contribution is -0.0439. The molecule has 1 unspecified atom stereocenters. The number of hydrogen-bond donors (Lipinski definition) is 1. The summed E-state index contributed by atoms with van der Waals surface area (Å²) in [6.45, 7) is 0.349. The van der Waals surface area contributed by atoms with Crippen molar-refractivity contribution < 1.29 is 9.26 Å². The molecule has 7 heteroatoms. The third-order valence-corrected chi connectivity index (χ3v) is 5.02. The number of halogens is 1. The predicted octanol–water partition coefficient (Wildman–Crippen LogP) is 3.78. The van der Waals surface area contributed by atoms with Crippen molar-refractivity contribution in [2.75, 3.05) is 0 Å². The predicted molar refractivity (Wildman–Crippen MR) is 111 cm³/mol. The molecule has 1 aliphatic carbocycles. The van der Waals surface area contributed by atoms with Crippen LogP contribution in [0.3, 0.4) is 0 Å². The van der Waals surface area contributed by atoms with E-state index in [9.17, 15) is 9.59 Å². The molecule has 4 rings (SSSR count). The summed E-state index contributed by atoms with van der Waals surface area (Å²) in [6.07, 6.45) is 6.32. The van der Waals surface area contributed by atoms with E-state index in [4.69, 9.17) is 20.9 Å². The van der Waals surface area contributed by atoms with Crippen LogP contribution in [0, 0.1) is 0 Å². The fourth-order valence-electron chi connectivity index (χ4n) is 3.40. The highest BCUT2D eigenvalue weighted by Crippen LogP contribution is 2.34. The van der Waals surface area contributed by atoms with Gasteiger partial charge in [0, 0.05) is 11.4 Å². The number of hydrogen-bond acceptors (Lipinski definition) is 4. The second-order valence-electron chi connectivity index (χ2n) is 6.92. The minimum atomic E-state index is -0.871. The van der Waals surface area contributed by atoms with Crippen molar-refractivity contribution in [2.24, 2.45) is 0 Å². The Hall–Kier alpha value is -3.09. The zero-order valence-corrected chi connectivity index (χ0v) is 16.3. The first-order valence-electron chi connectivity index (χ1n) is 9.16. The quantitative estimate of drug-likeness (QED) is 0.670. The minimum Gasteiger partial charge on any atom is -0.364 e. The summed E-state index contributed by atoms with van der Waals surface area (Å²) in [6, 6.07) is 17.4. The number of nitrogens with zero attached hydrogens (tertiary/aromatic N) is 1. The summed E-state index contributed by atoms with van der Waals surface area (Å²) >= 11 is 6.08. The standard InChI is InChI=1S/C22H19ClN2O4/c23-19-10-4-6-16(12-19)14-28-22(15-25-20(26)24-21(27)29-25)11-5-9-18(13-22)17-7-2-1-3-8-17/h1-12H,13-15H2,(H,24,26,27). The Morgan fingerprint density at radius 3 is 2.69 bits per heavy atom. The van der Waals surface area contributed by atoms with E-state index in [-0.39, 0.29) is 13.2 Å². The van der Waals surface area contributed by atoms with Gasteiger partial charge in [-0.2, -0.15) is 0 Å². The monoisotopic (exact) mass is 410 g/mol. The first kappa shape index (κ1) is 19.2. The molecule has 0 aliphatic heterocycles. The van der Waals surface area contributed by atoms with Gasteiger partial charge in [0.15, 0.2) is 0 Å². The van der Waals surface area contributed by atoms with Crippen LogP contribution in [0.2, 0.25) is 5.02 Å². The second kappa shape index (κ2) is 8.11. The number of H-pyrrole nitrogens is 1. The van der Waals surface area contributed by atoms with Crippen LogP contribution in [0.15, 0.2) is 86.9 Å². The zero-order chi connectivity index (χ0) is 20.3. The maximum absolute atomic E-state index is 12.0. The largest absolute Gasteiger partial charge is 0.440 e. The number of ether oxygens (including phenoxy) is 1. The molecule has 0 saturated carbocycles. The highest BCUT2D eigenvalue weighted by molar-refractivity contribution is 6.30. The van der Waals surface area contributed by atoms with E-state index >= 15 is 0 Å². The first-order valence-corrected chi connectivity index (χ1v) is 9.53. The third kappa shape index (κ3) is 4.50. The lowest BCUT2D eigenvalue weighted by atomic mass is 9.86.